The van der Waals surface area contributed by atoms with E-state index < -0.39 is 6.43 Å². The van der Waals surface area contributed by atoms with E-state index in [4.69, 9.17) is 0 Å². The van der Waals surface area contributed by atoms with Crippen LogP contribution < -0.4 is 0 Å². The van der Waals surface area contributed by atoms with Gasteiger partial charge in [0.05, 0.1) is 0 Å². The largest absolute Gasteiger partial charge is 0.261 e. The van der Waals surface area contributed by atoms with Crippen molar-refractivity contribution >= 4 is 11.8 Å². The number of halogens is 2. The predicted molar refractivity (Wildman–Crippen MR) is 49.4 cm³/mol. The van der Waals surface area contributed by atoms with Crippen LogP contribution in [0, 0.1) is 5.92 Å². The van der Waals surface area contributed by atoms with Crippen molar-refractivity contribution in [3.63, 3.8) is 0 Å². The SMILES string of the molecule is CSC1[C](C)C=CC=C1C(F)F. The van der Waals surface area contributed by atoms with Gasteiger partial charge in [-0.2, -0.15) is 11.8 Å². The second kappa shape index (κ2) is 4.08. The van der Waals surface area contributed by atoms with Crippen molar-refractivity contribution < 1.29 is 8.78 Å². The highest BCUT2D eigenvalue weighted by Gasteiger charge is 2.26. The van der Waals surface area contributed by atoms with Crippen LogP contribution in [0.1, 0.15) is 6.92 Å². The minimum absolute atomic E-state index is 0.130. The van der Waals surface area contributed by atoms with Gasteiger partial charge in [-0.1, -0.05) is 25.2 Å². The maximum Gasteiger partial charge on any atom is 0.261 e. The second-order valence-corrected chi connectivity index (χ2v) is 3.63. The first kappa shape index (κ1) is 9.78. The van der Waals surface area contributed by atoms with E-state index in [0.717, 1.165) is 5.92 Å². The number of rotatable bonds is 2. The van der Waals surface area contributed by atoms with Crippen LogP contribution in [0.15, 0.2) is 23.8 Å². The van der Waals surface area contributed by atoms with E-state index in [0.29, 0.717) is 0 Å². The number of hydrogen-bond acceptors (Lipinski definition) is 1. The molecule has 0 spiro atoms. The highest BCUT2D eigenvalue weighted by Crippen LogP contribution is 2.33. The zero-order chi connectivity index (χ0) is 9.14. The second-order valence-electron chi connectivity index (χ2n) is 2.69. The first-order valence-electron chi connectivity index (χ1n) is 3.69. The van der Waals surface area contributed by atoms with Crippen LogP contribution in [-0.2, 0) is 0 Å². The highest BCUT2D eigenvalue weighted by molar-refractivity contribution is 7.99. The van der Waals surface area contributed by atoms with Crippen molar-refractivity contribution in [3.05, 3.63) is 29.7 Å². The summed E-state index contributed by atoms with van der Waals surface area (Å²) < 4.78 is 24.8. The summed E-state index contributed by atoms with van der Waals surface area (Å²) in [6.07, 6.45) is 4.60. The third-order valence-electron chi connectivity index (χ3n) is 1.85. The van der Waals surface area contributed by atoms with Gasteiger partial charge in [0.2, 0.25) is 0 Å². The van der Waals surface area contributed by atoms with Gasteiger partial charge in [0.25, 0.3) is 6.43 Å². The molecule has 0 N–H and O–H groups in total. The predicted octanol–water partition coefficient (Wildman–Crippen LogP) is 3.07. The summed E-state index contributed by atoms with van der Waals surface area (Å²) in [4.78, 5) is 0. The minimum atomic E-state index is -2.33. The Morgan fingerprint density at radius 3 is 2.58 bits per heavy atom. The lowest BCUT2D eigenvalue weighted by Gasteiger charge is -2.24. The summed E-state index contributed by atoms with van der Waals surface area (Å²) in [5, 5.41) is -0.130. The normalized spacial score (nSPS) is 24.8. The molecule has 3 heteroatoms. The summed E-state index contributed by atoms with van der Waals surface area (Å²) in [6.45, 7) is 1.88. The van der Waals surface area contributed by atoms with Crippen molar-refractivity contribution in [2.75, 3.05) is 6.26 Å². The Balaban J connectivity index is 2.81. The molecule has 0 bridgehead atoms. The Hall–Kier alpha value is -0.310. The monoisotopic (exact) mass is 189 g/mol. The molecule has 0 aromatic rings. The van der Waals surface area contributed by atoms with Crippen molar-refractivity contribution in [3.8, 4) is 0 Å². The van der Waals surface area contributed by atoms with Crippen molar-refractivity contribution in [2.24, 2.45) is 0 Å². The fraction of sp³-hybridized carbons (Fsp3) is 0.444. The van der Waals surface area contributed by atoms with Gasteiger partial charge >= 0.3 is 0 Å². The standard InChI is InChI=1S/C9H11F2S/c1-6-4-3-5-7(9(10)11)8(6)12-2/h3-5,8-9H,1-2H3. The van der Waals surface area contributed by atoms with Gasteiger partial charge in [0, 0.05) is 16.7 Å². The summed E-state index contributed by atoms with van der Waals surface area (Å²) in [5.41, 5.74) is 0.225. The number of allylic oxidation sites excluding steroid dienone is 3. The van der Waals surface area contributed by atoms with E-state index in [1.165, 1.54) is 17.8 Å². The summed E-state index contributed by atoms with van der Waals surface area (Å²) >= 11 is 1.45. The van der Waals surface area contributed by atoms with Crippen LogP contribution in [-0.4, -0.2) is 17.9 Å². The van der Waals surface area contributed by atoms with E-state index in [1.807, 2.05) is 19.3 Å². The molecule has 0 saturated carbocycles. The van der Waals surface area contributed by atoms with Gasteiger partial charge in [0.15, 0.2) is 0 Å². The highest BCUT2D eigenvalue weighted by atomic mass is 32.2. The van der Waals surface area contributed by atoms with E-state index in [1.54, 1.807) is 6.08 Å². The molecule has 1 unspecified atom stereocenters. The molecule has 0 aliphatic heterocycles. The molecule has 1 atom stereocenters. The molecule has 0 aromatic carbocycles. The topological polar surface area (TPSA) is 0 Å². The van der Waals surface area contributed by atoms with Crippen LogP contribution in [0.3, 0.4) is 0 Å². The zero-order valence-corrected chi connectivity index (χ0v) is 7.87. The molecule has 0 amide bonds. The molecule has 1 radical (unpaired) electrons. The fourth-order valence-electron chi connectivity index (χ4n) is 1.26. The van der Waals surface area contributed by atoms with Gasteiger partial charge in [-0.3, -0.25) is 0 Å². The smallest absolute Gasteiger partial charge is 0.205 e. The van der Waals surface area contributed by atoms with E-state index >= 15 is 0 Å². The quantitative estimate of drug-likeness (QED) is 0.643. The lowest BCUT2D eigenvalue weighted by Crippen LogP contribution is -2.20. The molecule has 0 fully saturated rings. The van der Waals surface area contributed by atoms with E-state index in [9.17, 15) is 8.78 Å². The molecular formula is C9H11F2S. The van der Waals surface area contributed by atoms with Crippen molar-refractivity contribution in [2.45, 2.75) is 18.6 Å². The van der Waals surface area contributed by atoms with Gasteiger partial charge in [-0.25, -0.2) is 8.78 Å². The third-order valence-corrected chi connectivity index (χ3v) is 2.97. The number of alkyl halides is 2. The van der Waals surface area contributed by atoms with Crippen molar-refractivity contribution in [1.29, 1.82) is 0 Å². The Bertz CT molecular complexity index is 209. The molecule has 1 rings (SSSR count). The summed E-state index contributed by atoms with van der Waals surface area (Å²) in [6, 6.07) is 0. The van der Waals surface area contributed by atoms with Gasteiger partial charge in [-0.05, 0) is 6.26 Å². The third kappa shape index (κ3) is 1.89. The van der Waals surface area contributed by atoms with E-state index in [-0.39, 0.29) is 10.8 Å². The molecule has 0 saturated heterocycles. The molecule has 67 valence electrons. The Labute approximate surface area is 75.7 Å². The van der Waals surface area contributed by atoms with Gasteiger partial charge < -0.3 is 0 Å². The zero-order valence-electron chi connectivity index (χ0n) is 7.05. The average molecular weight is 189 g/mol. The van der Waals surface area contributed by atoms with Crippen LogP contribution in [0.25, 0.3) is 0 Å². The molecule has 0 aromatic heterocycles. The van der Waals surface area contributed by atoms with Crippen LogP contribution in [0.2, 0.25) is 0 Å². The first-order valence-corrected chi connectivity index (χ1v) is 4.98. The number of hydrogen-bond donors (Lipinski definition) is 0. The molecule has 12 heavy (non-hydrogen) atoms. The molecule has 1 aliphatic carbocycles. The molecule has 0 heterocycles. The lowest BCUT2D eigenvalue weighted by atomic mass is 9.95. The van der Waals surface area contributed by atoms with Gasteiger partial charge in [-0.15, -0.1) is 0 Å². The summed E-state index contributed by atoms with van der Waals surface area (Å²) in [5.74, 6) is 1.00. The van der Waals surface area contributed by atoms with E-state index in [2.05, 4.69) is 0 Å². The van der Waals surface area contributed by atoms with Crippen LogP contribution in [0.5, 0.6) is 0 Å². The maximum absolute atomic E-state index is 12.4. The van der Waals surface area contributed by atoms with Gasteiger partial charge in [0.1, 0.15) is 0 Å². The van der Waals surface area contributed by atoms with Crippen LogP contribution >= 0.6 is 11.8 Å². The lowest BCUT2D eigenvalue weighted by molar-refractivity contribution is 0.186. The molecule has 0 nitrogen and oxygen atoms in total. The Kier molecular flexibility index (Phi) is 3.32. The van der Waals surface area contributed by atoms with Crippen molar-refractivity contribution in [1.82, 2.24) is 0 Å². The summed E-state index contributed by atoms with van der Waals surface area (Å²) in [7, 11) is 0. The molecular weight excluding hydrogens is 178 g/mol. The first-order chi connectivity index (χ1) is 5.66. The maximum atomic E-state index is 12.4. The number of thioether (sulfide) groups is 1. The minimum Gasteiger partial charge on any atom is -0.205 e. The Morgan fingerprint density at radius 2 is 2.17 bits per heavy atom. The van der Waals surface area contributed by atoms with Crippen LogP contribution in [0.4, 0.5) is 8.78 Å². The molecule has 1 aliphatic rings. The fourth-order valence-corrected chi connectivity index (χ4v) is 2.16. The average Bonchev–Trinajstić information content (AvgIpc) is 2.03. The Morgan fingerprint density at radius 1 is 1.50 bits per heavy atom.